The molecule has 10 heteroatoms. The van der Waals surface area contributed by atoms with Crippen molar-refractivity contribution >= 4 is 40.8 Å². The standard InChI is InChI=1S/C28H26F2N4O.C2H5NO.C2H6.CH4S/c1-3-24(20-13-17-5-4-10-33-26(17)25(16-20)31-2)32-11-8-21-14-19-9-12-35-28(19)27(34-21)18-6-7-22(29)23(30)15-18;1-2(3)4;2*1-2/h3-7,10,13-16,31-32H,8-9,11-12H2,1-2H3;1H3,(H2,3,4);1-2H3;2H,1H3. The first-order valence-corrected chi connectivity index (χ1v) is 15.0. The molecule has 1 amide bonds. The highest BCUT2D eigenvalue weighted by atomic mass is 32.1. The molecule has 5 rings (SSSR count). The molecule has 0 fully saturated rings. The molecule has 3 heterocycles. The van der Waals surface area contributed by atoms with E-state index in [9.17, 15) is 13.6 Å². The lowest BCUT2D eigenvalue weighted by atomic mass is 10.0. The number of halogens is 2. The minimum atomic E-state index is -0.896. The molecule has 0 saturated carbocycles. The number of benzene rings is 2. The summed E-state index contributed by atoms with van der Waals surface area (Å²) in [5.41, 5.74) is 11.4. The van der Waals surface area contributed by atoms with Crippen molar-refractivity contribution in [2.24, 2.45) is 5.73 Å². The predicted octanol–water partition coefficient (Wildman–Crippen LogP) is 6.81. The fraction of sp³-hybridized carbons (Fsp3) is 0.303. The molecule has 0 unspecified atom stereocenters. The summed E-state index contributed by atoms with van der Waals surface area (Å²) in [5.74, 6) is -1.45. The largest absolute Gasteiger partial charge is 0.491 e. The average Bonchev–Trinajstić information content (AvgIpc) is 3.50. The minimum Gasteiger partial charge on any atom is -0.491 e. The predicted molar refractivity (Wildman–Crippen MR) is 177 cm³/mol. The molecule has 0 spiro atoms. The molecule has 2 aromatic heterocycles. The van der Waals surface area contributed by atoms with Gasteiger partial charge in [-0.1, -0.05) is 26.0 Å². The molecular weight excluding hydrogens is 568 g/mol. The number of nitrogens with zero attached hydrogens (tertiary/aromatic N) is 2. The third-order valence-corrected chi connectivity index (χ3v) is 6.18. The third-order valence-electron chi connectivity index (χ3n) is 6.18. The number of pyridine rings is 2. The smallest absolute Gasteiger partial charge is 0.214 e. The number of anilines is 1. The minimum absolute atomic E-state index is 0.333. The zero-order valence-electron chi connectivity index (χ0n) is 25.6. The topological polar surface area (TPSA) is 102 Å². The van der Waals surface area contributed by atoms with Gasteiger partial charge >= 0.3 is 0 Å². The number of nitrogens with two attached hydrogens (primary N) is 1. The number of nitrogens with one attached hydrogen (secondary N) is 2. The van der Waals surface area contributed by atoms with Gasteiger partial charge in [-0.25, -0.2) is 13.8 Å². The van der Waals surface area contributed by atoms with Gasteiger partial charge in [0.05, 0.1) is 17.8 Å². The van der Waals surface area contributed by atoms with Crippen molar-refractivity contribution < 1.29 is 18.3 Å². The van der Waals surface area contributed by atoms with Crippen molar-refractivity contribution in [3.8, 4) is 17.0 Å². The van der Waals surface area contributed by atoms with Crippen LogP contribution in [0.5, 0.6) is 5.75 Å². The van der Waals surface area contributed by atoms with Crippen LogP contribution in [-0.2, 0) is 17.6 Å². The first-order valence-electron chi connectivity index (χ1n) is 14.1. The molecule has 0 saturated heterocycles. The summed E-state index contributed by atoms with van der Waals surface area (Å²) in [6.45, 7) is 8.52. The summed E-state index contributed by atoms with van der Waals surface area (Å²) in [4.78, 5) is 18.5. The fourth-order valence-corrected chi connectivity index (χ4v) is 4.46. The molecular formula is C33H41F2N5O2S. The van der Waals surface area contributed by atoms with E-state index < -0.39 is 11.6 Å². The lowest BCUT2D eigenvalue weighted by Crippen LogP contribution is -2.16. The number of allylic oxidation sites excluding steroid dienone is 1. The molecule has 2 aromatic carbocycles. The maximum absolute atomic E-state index is 13.9. The quantitative estimate of drug-likeness (QED) is 0.172. The second kappa shape index (κ2) is 17.7. The number of thiol groups is 1. The maximum atomic E-state index is 13.9. The van der Waals surface area contributed by atoms with Crippen LogP contribution >= 0.6 is 12.6 Å². The van der Waals surface area contributed by atoms with E-state index in [4.69, 9.17) is 9.72 Å². The van der Waals surface area contributed by atoms with Crippen LogP contribution in [0.2, 0.25) is 0 Å². The van der Waals surface area contributed by atoms with Gasteiger partial charge in [-0.15, -0.1) is 0 Å². The fourth-order valence-electron chi connectivity index (χ4n) is 4.46. The van der Waals surface area contributed by atoms with Gasteiger partial charge in [-0.2, -0.15) is 12.6 Å². The van der Waals surface area contributed by atoms with Crippen molar-refractivity contribution in [1.82, 2.24) is 15.3 Å². The molecule has 0 radical (unpaired) electrons. The van der Waals surface area contributed by atoms with Gasteiger partial charge in [-0.3, -0.25) is 9.78 Å². The summed E-state index contributed by atoms with van der Waals surface area (Å²) in [6.07, 6.45) is 6.97. The van der Waals surface area contributed by atoms with E-state index in [0.29, 0.717) is 36.6 Å². The van der Waals surface area contributed by atoms with E-state index >= 15 is 0 Å². The average molecular weight is 610 g/mol. The first kappa shape index (κ1) is 35.0. The summed E-state index contributed by atoms with van der Waals surface area (Å²) in [7, 11) is 1.89. The Balaban J connectivity index is 0.000000733. The van der Waals surface area contributed by atoms with Crippen LogP contribution in [0, 0.1) is 11.6 Å². The Morgan fingerprint density at radius 1 is 1.12 bits per heavy atom. The van der Waals surface area contributed by atoms with Crippen molar-refractivity contribution in [2.45, 2.75) is 40.5 Å². The Morgan fingerprint density at radius 2 is 1.84 bits per heavy atom. The third kappa shape index (κ3) is 9.41. The van der Waals surface area contributed by atoms with Crippen LogP contribution in [-0.4, -0.2) is 42.3 Å². The normalized spacial score (nSPS) is 11.4. The van der Waals surface area contributed by atoms with Gasteiger partial charge in [0.1, 0.15) is 11.4 Å². The molecule has 0 atom stereocenters. The molecule has 1 aliphatic heterocycles. The summed E-state index contributed by atoms with van der Waals surface area (Å²) < 4.78 is 33.1. The second-order valence-corrected chi connectivity index (χ2v) is 9.02. The summed E-state index contributed by atoms with van der Waals surface area (Å²) >= 11 is 3.53. The highest BCUT2D eigenvalue weighted by Gasteiger charge is 2.21. The van der Waals surface area contributed by atoms with Gasteiger partial charge in [0.25, 0.3) is 0 Å². The van der Waals surface area contributed by atoms with Crippen LogP contribution in [0.3, 0.4) is 0 Å². The monoisotopic (exact) mass is 609 g/mol. The summed E-state index contributed by atoms with van der Waals surface area (Å²) in [5, 5.41) is 7.82. The number of fused-ring (bicyclic) bond motifs is 2. The van der Waals surface area contributed by atoms with Gasteiger partial charge < -0.3 is 21.1 Å². The number of rotatable bonds is 7. The number of ether oxygens (including phenoxy) is 1. The zero-order chi connectivity index (χ0) is 31.9. The van der Waals surface area contributed by atoms with Crippen molar-refractivity contribution in [3.05, 3.63) is 89.3 Å². The second-order valence-electron chi connectivity index (χ2n) is 9.02. The Hall–Kier alpha value is -4.18. The Labute approximate surface area is 258 Å². The molecule has 0 bridgehead atoms. The molecule has 4 aromatic rings. The molecule has 7 nitrogen and oxygen atoms in total. The Kier molecular flexibility index (Phi) is 14.4. The zero-order valence-corrected chi connectivity index (χ0v) is 26.5. The van der Waals surface area contributed by atoms with Crippen LogP contribution in [0.15, 0.2) is 60.8 Å². The molecule has 43 heavy (non-hydrogen) atoms. The van der Waals surface area contributed by atoms with E-state index in [-0.39, 0.29) is 5.91 Å². The Bertz CT molecular complexity index is 1540. The molecule has 1 aliphatic rings. The lowest BCUT2D eigenvalue weighted by Gasteiger charge is -2.15. The van der Waals surface area contributed by atoms with Crippen LogP contribution < -0.4 is 21.1 Å². The molecule has 0 aliphatic carbocycles. The van der Waals surface area contributed by atoms with Crippen LogP contribution in [0.25, 0.3) is 27.9 Å². The number of hydrogen-bond donors (Lipinski definition) is 4. The van der Waals surface area contributed by atoms with Crippen molar-refractivity contribution in [1.29, 1.82) is 0 Å². The van der Waals surface area contributed by atoms with Crippen molar-refractivity contribution in [2.75, 3.05) is 31.8 Å². The highest BCUT2D eigenvalue weighted by Crippen LogP contribution is 2.36. The Morgan fingerprint density at radius 3 is 2.49 bits per heavy atom. The van der Waals surface area contributed by atoms with Crippen LogP contribution in [0.1, 0.15) is 44.5 Å². The first-order chi connectivity index (χ1) is 20.8. The van der Waals surface area contributed by atoms with E-state index in [1.54, 1.807) is 12.5 Å². The van der Waals surface area contributed by atoms with Gasteiger partial charge in [0.2, 0.25) is 5.91 Å². The highest BCUT2D eigenvalue weighted by molar-refractivity contribution is 7.79. The number of amides is 1. The van der Waals surface area contributed by atoms with E-state index in [2.05, 4.69) is 52.2 Å². The number of aromatic nitrogens is 2. The SMILES string of the molecule is CC.CC(N)=O.CC=C(NCCc1cc2c(c(-c3ccc(F)c(F)c3)n1)OCC2)c1cc(NC)c2ncccc2c1.CS. The lowest BCUT2D eigenvalue weighted by molar-refractivity contribution is -0.115. The number of hydrogen-bond acceptors (Lipinski definition) is 7. The van der Waals surface area contributed by atoms with Crippen LogP contribution in [0.4, 0.5) is 14.5 Å². The number of carbonyl (C=O) groups is 1. The number of carbonyl (C=O) groups excluding carboxylic acids is 1. The van der Waals surface area contributed by atoms with Gasteiger partial charge in [0.15, 0.2) is 11.6 Å². The van der Waals surface area contributed by atoms with Gasteiger partial charge in [-0.05, 0) is 55.6 Å². The van der Waals surface area contributed by atoms with Gasteiger partial charge in [0, 0.05) is 73.0 Å². The van der Waals surface area contributed by atoms with E-state index in [1.807, 2.05) is 46.0 Å². The molecule has 230 valence electrons. The molecule has 4 N–H and O–H groups in total. The number of primary amides is 1. The van der Waals surface area contributed by atoms with E-state index in [1.165, 1.54) is 19.1 Å². The summed E-state index contributed by atoms with van der Waals surface area (Å²) in [6, 6.07) is 14.1. The van der Waals surface area contributed by atoms with E-state index in [0.717, 1.165) is 51.6 Å². The van der Waals surface area contributed by atoms with Crippen molar-refractivity contribution in [3.63, 3.8) is 0 Å². The maximum Gasteiger partial charge on any atom is 0.214 e.